The van der Waals surface area contributed by atoms with E-state index >= 15 is 0 Å². The van der Waals surface area contributed by atoms with Gasteiger partial charge in [-0.2, -0.15) is 8.78 Å². The molecule has 1 atom stereocenters. The average Bonchev–Trinajstić information content (AvgIpc) is 3.16. The zero-order chi connectivity index (χ0) is 26.5. The summed E-state index contributed by atoms with van der Waals surface area (Å²) in [5.41, 5.74) is -0.0215. The molecule has 36 heavy (non-hydrogen) atoms. The van der Waals surface area contributed by atoms with Gasteiger partial charge in [0.05, 0.1) is 5.44 Å². The molecule has 1 unspecified atom stereocenters. The Balaban J connectivity index is 1.44. The van der Waals surface area contributed by atoms with Crippen LogP contribution in [-0.2, 0) is 38.8 Å². The topological polar surface area (TPSA) is 95.6 Å². The van der Waals surface area contributed by atoms with Crippen LogP contribution in [0.5, 0.6) is 0 Å². The fraction of sp³-hybridized carbons (Fsp3) is 0.385. The van der Waals surface area contributed by atoms with Crippen molar-refractivity contribution in [1.29, 1.82) is 0 Å². The molecule has 2 aliphatic heterocycles. The van der Waals surface area contributed by atoms with E-state index in [-0.39, 0.29) is 31.3 Å². The zero-order valence-electron chi connectivity index (χ0n) is 20.3. The minimum Gasteiger partial charge on any atom is -0.346 e. The third-order valence-electron chi connectivity index (χ3n) is 6.69. The molecular weight excluding hydrogens is 467 g/mol. The first-order valence-corrected chi connectivity index (χ1v) is 11.6. The van der Waals surface area contributed by atoms with Crippen molar-refractivity contribution in [3.8, 4) is 0 Å². The zero-order valence-corrected chi connectivity index (χ0v) is 20.3. The lowest BCUT2D eigenvalue weighted by Crippen LogP contribution is -2.63. The highest BCUT2D eigenvalue weighted by Gasteiger charge is 2.47. The lowest BCUT2D eigenvalue weighted by Gasteiger charge is -2.40. The highest BCUT2D eigenvalue weighted by Crippen LogP contribution is 2.34. The minimum absolute atomic E-state index is 0.00674. The molecule has 0 aliphatic carbocycles. The normalized spacial score (nSPS) is 20.2. The molecule has 2 aliphatic rings. The predicted octanol–water partition coefficient (Wildman–Crippen LogP) is 2.65. The second-order valence-corrected chi connectivity index (χ2v) is 10.3. The number of piperidine rings is 1. The fourth-order valence-corrected chi connectivity index (χ4v) is 4.38. The van der Waals surface area contributed by atoms with Crippen LogP contribution < -0.4 is 10.6 Å². The van der Waals surface area contributed by atoms with E-state index in [2.05, 4.69) is 10.6 Å². The molecule has 186 valence electrons. The van der Waals surface area contributed by atoms with E-state index in [0.29, 0.717) is 16.7 Å². The second kappa shape index (κ2) is 8.83. The number of fused-ring (bicyclic) bond motifs is 1. The number of hydrogen-bond donors (Lipinski definition) is 2. The Bertz CT molecular complexity index is 1260. The van der Waals surface area contributed by atoms with Gasteiger partial charge in [0.25, 0.3) is 11.8 Å². The summed E-state index contributed by atoms with van der Waals surface area (Å²) in [5, 5.41) is 4.43. The van der Waals surface area contributed by atoms with Gasteiger partial charge in [-0.15, -0.1) is 0 Å². The van der Waals surface area contributed by atoms with E-state index in [1.54, 1.807) is 24.3 Å². The van der Waals surface area contributed by atoms with Crippen LogP contribution in [0.1, 0.15) is 66.2 Å². The molecule has 2 heterocycles. The van der Waals surface area contributed by atoms with Crippen LogP contribution in [0.3, 0.4) is 0 Å². The van der Waals surface area contributed by atoms with Crippen molar-refractivity contribution >= 4 is 31.5 Å². The molecule has 0 spiro atoms. The first-order chi connectivity index (χ1) is 16.7. The summed E-state index contributed by atoms with van der Waals surface area (Å²) in [5.74, 6) is -6.82. The summed E-state index contributed by atoms with van der Waals surface area (Å²) in [6.07, 6.45) is -0.00108. The molecule has 2 radical (unpaired) electrons. The van der Waals surface area contributed by atoms with Crippen molar-refractivity contribution in [1.82, 2.24) is 15.5 Å². The number of nitrogens with zero attached hydrogens (tertiary/aromatic N) is 1. The van der Waals surface area contributed by atoms with Crippen molar-refractivity contribution in [2.75, 3.05) is 0 Å². The molecule has 0 saturated carbocycles. The third-order valence-corrected chi connectivity index (χ3v) is 6.69. The number of benzene rings is 2. The molecule has 4 rings (SSSR count). The van der Waals surface area contributed by atoms with E-state index in [4.69, 9.17) is 7.85 Å². The van der Waals surface area contributed by atoms with Gasteiger partial charge in [-0.1, -0.05) is 57.2 Å². The fourth-order valence-electron chi connectivity index (χ4n) is 4.38. The maximum absolute atomic E-state index is 14.8. The first kappa shape index (κ1) is 25.5. The van der Waals surface area contributed by atoms with Gasteiger partial charge >= 0.3 is 5.92 Å². The Morgan fingerprint density at radius 1 is 1.08 bits per heavy atom. The molecule has 2 aromatic rings. The van der Waals surface area contributed by atoms with Crippen LogP contribution in [0.25, 0.3) is 0 Å². The number of halogens is 2. The molecule has 2 aromatic carbocycles. The van der Waals surface area contributed by atoms with E-state index in [0.717, 1.165) is 5.56 Å². The van der Waals surface area contributed by atoms with Gasteiger partial charge < -0.3 is 10.2 Å². The van der Waals surface area contributed by atoms with Gasteiger partial charge in [-0.3, -0.25) is 24.5 Å². The van der Waals surface area contributed by atoms with E-state index < -0.39 is 40.6 Å². The maximum Gasteiger partial charge on any atom is 0.349 e. The number of hydrogen-bond acceptors (Lipinski definition) is 4. The predicted molar refractivity (Wildman–Crippen MR) is 128 cm³/mol. The Labute approximate surface area is 209 Å². The number of carbonyl (C=O) groups is 4. The highest BCUT2D eigenvalue weighted by molar-refractivity contribution is 6.32. The average molecular weight is 493 g/mol. The van der Waals surface area contributed by atoms with Gasteiger partial charge in [0.2, 0.25) is 11.8 Å². The Kier molecular flexibility index (Phi) is 6.26. The van der Waals surface area contributed by atoms with Crippen molar-refractivity contribution in [3.05, 3.63) is 70.3 Å². The highest BCUT2D eigenvalue weighted by atomic mass is 19.3. The molecule has 0 aromatic heterocycles. The molecule has 10 heteroatoms. The van der Waals surface area contributed by atoms with Gasteiger partial charge in [0, 0.05) is 30.6 Å². The van der Waals surface area contributed by atoms with E-state index in [1.807, 2.05) is 20.8 Å². The monoisotopic (exact) mass is 493 g/mol. The van der Waals surface area contributed by atoms with Crippen molar-refractivity contribution in [2.24, 2.45) is 0 Å². The van der Waals surface area contributed by atoms with Crippen LogP contribution in [0, 0.1) is 0 Å². The summed E-state index contributed by atoms with van der Waals surface area (Å²) >= 11 is 0. The summed E-state index contributed by atoms with van der Waals surface area (Å²) in [4.78, 5) is 50.3. The number of nitrogens with one attached hydrogen (secondary N) is 2. The van der Waals surface area contributed by atoms with Crippen LogP contribution in [0.15, 0.2) is 42.5 Å². The molecule has 1 saturated heterocycles. The summed E-state index contributed by atoms with van der Waals surface area (Å²) in [6, 6.07) is 10.4. The third kappa shape index (κ3) is 4.52. The lowest BCUT2D eigenvalue weighted by atomic mass is 9.70. The SMILES string of the molecule is [B]C1(N2Cc3cc(CNC(=O)C(F)(F)c4ccc(C(C)(C)C)cc4)ccc3C2=O)CCC(=O)NC1=O. The molecule has 0 bridgehead atoms. The van der Waals surface area contributed by atoms with Gasteiger partial charge in [-0.25, -0.2) is 0 Å². The summed E-state index contributed by atoms with van der Waals surface area (Å²) in [7, 11) is 6.21. The number of alkyl halides is 2. The molecular formula is C26H26BF2N3O4. The van der Waals surface area contributed by atoms with Crippen molar-refractivity contribution in [2.45, 2.75) is 63.5 Å². The Hall–Kier alpha value is -3.56. The number of amides is 4. The van der Waals surface area contributed by atoms with Crippen molar-refractivity contribution in [3.63, 3.8) is 0 Å². The van der Waals surface area contributed by atoms with Crippen LogP contribution in [-0.4, -0.2) is 41.8 Å². The van der Waals surface area contributed by atoms with Gasteiger partial charge in [-0.05, 0) is 34.6 Å². The summed E-state index contributed by atoms with van der Waals surface area (Å²) < 4.78 is 29.6. The standard InChI is InChI=1S/C26H26BF2N3O4/c1-24(2,3)17-5-7-18(8-6-17)26(28,29)23(36)30-13-15-4-9-19-16(12-15)14-32(21(19)34)25(27)11-10-20(33)31-22(25)35/h4-9,12H,10-11,13-14H2,1-3H3,(H,30,36)(H,31,33,35). The number of rotatable bonds is 5. The van der Waals surface area contributed by atoms with Crippen LogP contribution in [0.4, 0.5) is 8.78 Å². The molecule has 2 N–H and O–H groups in total. The van der Waals surface area contributed by atoms with E-state index in [9.17, 15) is 28.0 Å². The summed E-state index contributed by atoms with van der Waals surface area (Å²) in [6.45, 7) is 5.74. The number of carbonyl (C=O) groups excluding carboxylic acids is 4. The van der Waals surface area contributed by atoms with Crippen LogP contribution in [0.2, 0.25) is 0 Å². The smallest absolute Gasteiger partial charge is 0.346 e. The quantitative estimate of drug-likeness (QED) is 0.495. The second-order valence-electron chi connectivity index (χ2n) is 10.3. The molecule has 1 fully saturated rings. The van der Waals surface area contributed by atoms with Gasteiger partial charge in [0.15, 0.2) is 0 Å². The maximum atomic E-state index is 14.8. The van der Waals surface area contributed by atoms with Gasteiger partial charge in [0.1, 0.15) is 7.85 Å². The molecule has 4 amide bonds. The van der Waals surface area contributed by atoms with Crippen molar-refractivity contribution < 1.29 is 28.0 Å². The minimum atomic E-state index is -3.72. The Morgan fingerprint density at radius 2 is 1.72 bits per heavy atom. The largest absolute Gasteiger partial charge is 0.349 e. The number of imide groups is 1. The molecule has 7 nitrogen and oxygen atoms in total. The lowest BCUT2D eigenvalue weighted by molar-refractivity contribution is -0.147. The first-order valence-electron chi connectivity index (χ1n) is 11.6. The Morgan fingerprint density at radius 3 is 2.33 bits per heavy atom. The van der Waals surface area contributed by atoms with Crippen LogP contribution >= 0.6 is 0 Å². The van der Waals surface area contributed by atoms with E-state index in [1.165, 1.54) is 23.1 Å².